The molecule has 90 valence electrons. The van der Waals surface area contributed by atoms with Gasteiger partial charge >= 0.3 is 0 Å². The Morgan fingerprint density at radius 1 is 1.35 bits per heavy atom. The average Bonchev–Trinajstić information content (AvgIpc) is 2.76. The molecule has 0 saturated carbocycles. The third kappa shape index (κ3) is 3.04. The number of rotatable bonds is 5. The lowest BCUT2D eigenvalue weighted by molar-refractivity contribution is 0.665. The molecule has 0 spiro atoms. The van der Waals surface area contributed by atoms with E-state index < -0.39 is 0 Å². The lowest BCUT2D eigenvalue weighted by Crippen LogP contribution is -2.16. The summed E-state index contributed by atoms with van der Waals surface area (Å²) in [5.41, 5.74) is 7.26. The first kappa shape index (κ1) is 11.6. The molecule has 2 aromatic rings. The Bertz CT molecular complexity index is 451. The molecule has 0 bridgehead atoms. The molecule has 1 aromatic heterocycles. The molecule has 1 unspecified atom stereocenters. The smallest absolute Gasteiger partial charge is 0.144 e. The summed E-state index contributed by atoms with van der Waals surface area (Å²) in [7, 11) is 1.85. The largest absolute Gasteiger partial charge is 0.369 e. The Morgan fingerprint density at radius 3 is 2.76 bits per heavy atom. The second kappa shape index (κ2) is 5.45. The van der Waals surface area contributed by atoms with Gasteiger partial charge in [-0.15, -0.1) is 5.10 Å². The topological polar surface area (TPSA) is 68.8 Å². The third-order valence-electron chi connectivity index (χ3n) is 2.70. The molecule has 0 radical (unpaired) electrons. The zero-order valence-corrected chi connectivity index (χ0v) is 9.87. The monoisotopic (exact) mass is 231 g/mol. The fraction of sp³-hybridized carbons (Fsp3) is 0.333. The van der Waals surface area contributed by atoms with Gasteiger partial charge in [0.05, 0.1) is 6.20 Å². The van der Waals surface area contributed by atoms with Gasteiger partial charge in [0, 0.05) is 19.6 Å². The van der Waals surface area contributed by atoms with Gasteiger partial charge in [-0.25, -0.2) is 4.68 Å². The van der Waals surface area contributed by atoms with Crippen LogP contribution in [0.15, 0.2) is 36.5 Å². The molecule has 1 heterocycles. The van der Waals surface area contributed by atoms with Gasteiger partial charge in [0.2, 0.25) is 0 Å². The van der Waals surface area contributed by atoms with Crippen LogP contribution >= 0.6 is 0 Å². The van der Waals surface area contributed by atoms with E-state index in [2.05, 4.69) is 27.8 Å². The van der Waals surface area contributed by atoms with Crippen LogP contribution in [0.5, 0.6) is 0 Å². The molecule has 5 heteroatoms. The van der Waals surface area contributed by atoms with E-state index in [4.69, 9.17) is 5.73 Å². The van der Waals surface area contributed by atoms with E-state index in [0.717, 1.165) is 24.3 Å². The maximum Gasteiger partial charge on any atom is 0.144 e. The molecule has 1 atom stereocenters. The summed E-state index contributed by atoms with van der Waals surface area (Å²) in [4.78, 5) is 0. The summed E-state index contributed by atoms with van der Waals surface area (Å²) in [6.07, 6.45) is 2.57. The van der Waals surface area contributed by atoms with Crippen LogP contribution in [-0.4, -0.2) is 21.5 Å². The Morgan fingerprint density at radius 2 is 2.12 bits per heavy atom. The summed E-state index contributed by atoms with van der Waals surface area (Å²) < 4.78 is 1.70. The fourth-order valence-electron chi connectivity index (χ4n) is 1.67. The summed E-state index contributed by atoms with van der Waals surface area (Å²) in [5.74, 6) is 0.908. The number of hydrogen-bond donors (Lipinski definition) is 2. The maximum absolute atomic E-state index is 6.09. The number of hydrogen-bond acceptors (Lipinski definition) is 4. The number of nitrogens with zero attached hydrogens (tertiary/aromatic N) is 3. The summed E-state index contributed by atoms with van der Waals surface area (Å²) in [5, 5.41) is 10.9. The van der Waals surface area contributed by atoms with Gasteiger partial charge in [0.25, 0.3) is 0 Å². The van der Waals surface area contributed by atoms with Crippen molar-refractivity contribution in [1.29, 1.82) is 0 Å². The first-order chi connectivity index (χ1) is 8.27. The molecule has 0 fully saturated rings. The zero-order valence-electron chi connectivity index (χ0n) is 9.87. The van der Waals surface area contributed by atoms with Crippen LogP contribution in [0.4, 0.5) is 5.82 Å². The lowest BCUT2D eigenvalue weighted by atomic mass is 10.1. The minimum Gasteiger partial charge on any atom is -0.369 e. The first-order valence-electron chi connectivity index (χ1n) is 5.66. The Labute approximate surface area is 101 Å². The molecule has 1 aromatic carbocycles. The van der Waals surface area contributed by atoms with Gasteiger partial charge in [0.1, 0.15) is 5.82 Å². The van der Waals surface area contributed by atoms with Crippen molar-refractivity contribution in [2.75, 3.05) is 11.9 Å². The van der Waals surface area contributed by atoms with Crippen LogP contribution in [-0.2, 0) is 7.05 Å². The number of benzene rings is 1. The number of nitrogens with one attached hydrogen (secondary N) is 1. The van der Waals surface area contributed by atoms with Gasteiger partial charge in [-0.05, 0) is 12.0 Å². The van der Waals surface area contributed by atoms with Crippen molar-refractivity contribution < 1.29 is 0 Å². The van der Waals surface area contributed by atoms with Crippen molar-refractivity contribution in [3.05, 3.63) is 42.1 Å². The predicted molar refractivity (Wildman–Crippen MR) is 67.5 cm³/mol. The maximum atomic E-state index is 6.09. The minimum absolute atomic E-state index is 0.0601. The van der Waals surface area contributed by atoms with Crippen LogP contribution < -0.4 is 11.1 Å². The molecule has 2 rings (SSSR count). The standard InChI is InChI=1S/C12H17N5/c1-17-12(9-15-16-17)14-8-7-11(13)10-5-3-2-4-6-10/h2-6,9,11,14H,7-8,13H2,1H3. The molecular weight excluding hydrogens is 214 g/mol. The SMILES string of the molecule is Cn1nncc1NCCC(N)c1ccccc1. The predicted octanol–water partition coefficient (Wildman–Crippen LogP) is 1.32. The quantitative estimate of drug-likeness (QED) is 0.814. The average molecular weight is 231 g/mol. The first-order valence-corrected chi connectivity index (χ1v) is 5.66. The molecule has 0 aliphatic heterocycles. The van der Waals surface area contributed by atoms with Crippen molar-refractivity contribution in [2.24, 2.45) is 12.8 Å². The molecule has 3 N–H and O–H groups in total. The second-order valence-corrected chi connectivity index (χ2v) is 3.98. The third-order valence-corrected chi connectivity index (χ3v) is 2.70. The molecule has 17 heavy (non-hydrogen) atoms. The van der Waals surface area contributed by atoms with E-state index in [1.807, 2.05) is 25.2 Å². The highest BCUT2D eigenvalue weighted by molar-refractivity contribution is 5.30. The van der Waals surface area contributed by atoms with Crippen molar-refractivity contribution >= 4 is 5.82 Å². The molecule has 5 nitrogen and oxygen atoms in total. The van der Waals surface area contributed by atoms with E-state index in [-0.39, 0.29) is 6.04 Å². The van der Waals surface area contributed by atoms with Gasteiger partial charge < -0.3 is 11.1 Å². The van der Waals surface area contributed by atoms with Gasteiger partial charge in [-0.1, -0.05) is 35.5 Å². The summed E-state index contributed by atoms with van der Waals surface area (Å²) in [6.45, 7) is 0.803. The van der Waals surface area contributed by atoms with Crippen LogP contribution in [0.2, 0.25) is 0 Å². The van der Waals surface area contributed by atoms with E-state index in [9.17, 15) is 0 Å². The van der Waals surface area contributed by atoms with Crippen LogP contribution in [0.3, 0.4) is 0 Å². The van der Waals surface area contributed by atoms with Crippen molar-refractivity contribution in [3.8, 4) is 0 Å². The number of nitrogens with two attached hydrogens (primary N) is 1. The normalized spacial score (nSPS) is 12.4. The van der Waals surface area contributed by atoms with E-state index in [1.54, 1.807) is 10.9 Å². The van der Waals surface area contributed by atoms with Crippen molar-refractivity contribution in [2.45, 2.75) is 12.5 Å². The van der Waals surface area contributed by atoms with E-state index in [1.165, 1.54) is 0 Å². The Hall–Kier alpha value is -1.88. The van der Waals surface area contributed by atoms with Crippen molar-refractivity contribution in [1.82, 2.24) is 15.0 Å². The summed E-state index contributed by atoms with van der Waals surface area (Å²) in [6, 6.07) is 10.2. The Kier molecular flexibility index (Phi) is 3.72. The summed E-state index contributed by atoms with van der Waals surface area (Å²) >= 11 is 0. The van der Waals surface area contributed by atoms with Gasteiger partial charge in [-0.2, -0.15) is 0 Å². The van der Waals surface area contributed by atoms with Crippen LogP contribution in [0, 0.1) is 0 Å². The molecule has 0 saturated heterocycles. The number of anilines is 1. The van der Waals surface area contributed by atoms with Crippen molar-refractivity contribution in [3.63, 3.8) is 0 Å². The van der Waals surface area contributed by atoms with Crippen LogP contribution in [0.1, 0.15) is 18.0 Å². The number of aromatic nitrogens is 3. The molecule has 0 aliphatic carbocycles. The molecular formula is C12H17N5. The lowest BCUT2D eigenvalue weighted by Gasteiger charge is -2.12. The van der Waals surface area contributed by atoms with E-state index in [0.29, 0.717) is 0 Å². The highest BCUT2D eigenvalue weighted by Crippen LogP contribution is 2.13. The zero-order chi connectivity index (χ0) is 12.1. The molecule has 0 amide bonds. The minimum atomic E-state index is 0.0601. The number of aryl methyl sites for hydroxylation is 1. The highest BCUT2D eigenvalue weighted by Gasteiger charge is 2.05. The fourth-order valence-corrected chi connectivity index (χ4v) is 1.67. The van der Waals surface area contributed by atoms with Gasteiger partial charge in [-0.3, -0.25) is 0 Å². The molecule has 0 aliphatic rings. The Balaban J connectivity index is 1.81. The van der Waals surface area contributed by atoms with Crippen LogP contribution in [0.25, 0.3) is 0 Å². The second-order valence-electron chi connectivity index (χ2n) is 3.98. The van der Waals surface area contributed by atoms with Gasteiger partial charge in [0.15, 0.2) is 0 Å². The van der Waals surface area contributed by atoms with E-state index >= 15 is 0 Å². The highest BCUT2D eigenvalue weighted by atomic mass is 15.4.